The molecule has 3 nitrogen and oxygen atoms in total. The number of fused-ring (bicyclic) bond motifs is 1. The Balaban J connectivity index is 1.97. The Morgan fingerprint density at radius 2 is 2.26 bits per heavy atom. The lowest BCUT2D eigenvalue weighted by Gasteiger charge is -2.22. The van der Waals surface area contributed by atoms with E-state index in [9.17, 15) is 0 Å². The molecule has 1 fully saturated rings. The van der Waals surface area contributed by atoms with Crippen molar-refractivity contribution in [3.8, 4) is 5.75 Å². The third kappa shape index (κ3) is 2.35. The zero-order valence-corrected chi connectivity index (χ0v) is 12.3. The van der Waals surface area contributed by atoms with Crippen LogP contribution in [0, 0.1) is 5.92 Å². The van der Waals surface area contributed by atoms with Gasteiger partial charge in [0.25, 0.3) is 0 Å². The number of halogens is 1. The van der Waals surface area contributed by atoms with Crippen molar-refractivity contribution >= 4 is 11.6 Å². The molecule has 2 aliphatic heterocycles. The summed E-state index contributed by atoms with van der Waals surface area (Å²) in [6.07, 6.45) is 2.31. The topological polar surface area (TPSA) is 38.5 Å². The van der Waals surface area contributed by atoms with Crippen molar-refractivity contribution in [3.05, 3.63) is 28.3 Å². The molecule has 3 unspecified atom stereocenters. The molecule has 3 atom stereocenters. The summed E-state index contributed by atoms with van der Waals surface area (Å²) in [6, 6.07) is 4.49. The van der Waals surface area contributed by atoms with Gasteiger partial charge < -0.3 is 10.5 Å². The number of benzene rings is 1. The van der Waals surface area contributed by atoms with Gasteiger partial charge in [0.2, 0.25) is 0 Å². The second kappa shape index (κ2) is 4.97. The van der Waals surface area contributed by atoms with E-state index in [1.165, 1.54) is 11.1 Å². The Bertz CT molecular complexity index is 491. The first kappa shape index (κ1) is 13.2. The van der Waals surface area contributed by atoms with Gasteiger partial charge in [0.1, 0.15) is 11.9 Å². The second-order valence-electron chi connectivity index (χ2n) is 5.91. The molecule has 1 aromatic rings. The maximum Gasteiger partial charge on any atom is 0.127 e. The van der Waals surface area contributed by atoms with Gasteiger partial charge in [-0.3, -0.25) is 4.90 Å². The van der Waals surface area contributed by atoms with E-state index in [4.69, 9.17) is 22.1 Å². The van der Waals surface area contributed by atoms with Crippen LogP contribution < -0.4 is 10.5 Å². The van der Waals surface area contributed by atoms with Gasteiger partial charge in [0.15, 0.2) is 0 Å². The van der Waals surface area contributed by atoms with Gasteiger partial charge in [-0.25, -0.2) is 0 Å². The zero-order chi connectivity index (χ0) is 13.6. The molecule has 0 aliphatic carbocycles. The maximum absolute atomic E-state index is 6.27. The number of nitrogens with two attached hydrogens (primary N) is 1. The van der Waals surface area contributed by atoms with Crippen LogP contribution in [-0.2, 0) is 6.42 Å². The number of hydrogen-bond donors (Lipinski definition) is 1. The van der Waals surface area contributed by atoms with Crippen LogP contribution in [0.2, 0.25) is 5.02 Å². The van der Waals surface area contributed by atoms with E-state index in [2.05, 4.69) is 24.9 Å². The number of nitrogens with zero attached hydrogens (tertiary/aromatic N) is 1. The quantitative estimate of drug-likeness (QED) is 0.905. The average molecular weight is 281 g/mol. The highest BCUT2D eigenvalue weighted by atomic mass is 35.5. The molecule has 2 heterocycles. The summed E-state index contributed by atoms with van der Waals surface area (Å²) in [5, 5.41) is 0.816. The smallest absolute Gasteiger partial charge is 0.127 e. The number of ether oxygens (including phenoxy) is 1. The van der Waals surface area contributed by atoms with Crippen LogP contribution in [0.4, 0.5) is 0 Å². The SMILES string of the molecule is CC1Cc2cc(Cl)cc(C3CC(CN)CN3C)c2O1. The van der Waals surface area contributed by atoms with E-state index in [0.717, 1.165) is 36.7 Å². The normalized spacial score (nSPS) is 30.4. The standard InChI is InChI=1S/C15H21ClN2O/c1-9-3-11-5-12(16)6-13(15(11)19-9)14-4-10(7-17)8-18(14)2/h5-6,9-10,14H,3-4,7-8,17H2,1-2H3. The summed E-state index contributed by atoms with van der Waals surface area (Å²) >= 11 is 6.27. The highest BCUT2D eigenvalue weighted by Gasteiger charge is 2.34. The number of likely N-dealkylation sites (tertiary alicyclic amines) is 1. The Morgan fingerprint density at radius 3 is 2.95 bits per heavy atom. The minimum absolute atomic E-state index is 0.254. The monoisotopic (exact) mass is 280 g/mol. The summed E-state index contributed by atoms with van der Waals surface area (Å²) in [5.41, 5.74) is 8.31. The second-order valence-corrected chi connectivity index (χ2v) is 6.35. The van der Waals surface area contributed by atoms with Gasteiger partial charge in [-0.15, -0.1) is 0 Å². The van der Waals surface area contributed by atoms with Gasteiger partial charge in [-0.05, 0) is 50.6 Å². The van der Waals surface area contributed by atoms with E-state index in [1.807, 2.05) is 6.07 Å². The molecule has 0 spiro atoms. The van der Waals surface area contributed by atoms with Gasteiger partial charge in [-0.2, -0.15) is 0 Å². The van der Waals surface area contributed by atoms with Crippen LogP contribution in [0.15, 0.2) is 12.1 Å². The van der Waals surface area contributed by atoms with Crippen LogP contribution in [-0.4, -0.2) is 31.1 Å². The molecule has 0 radical (unpaired) electrons. The maximum atomic E-state index is 6.27. The fourth-order valence-corrected chi connectivity index (χ4v) is 3.66. The van der Waals surface area contributed by atoms with Crippen LogP contribution in [0.25, 0.3) is 0 Å². The number of hydrogen-bond acceptors (Lipinski definition) is 3. The predicted octanol–water partition coefficient (Wildman–Crippen LogP) is 2.61. The van der Waals surface area contributed by atoms with Crippen molar-refractivity contribution in [3.63, 3.8) is 0 Å². The van der Waals surface area contributed by atoms with Crippen LogP contribution in [0.5, 0.6) is 5.75 Å². The lowest BCUT2D eigenvalue weighted by molar-refractivity contribution is 0.242. The fraction of sp³-hybridized carbons (Fsp3) is 0.600. The van der Waals surface area contributed by atoms with Crippen molar-refractivity contribution in [1.29, 1.82) is 0 Å². The average Bonchev–Trinajstić information content (AvgIpc) is 2.90. The molecule has 104 valence electrons. The molecule has 1 saturated heterocycles. The van der Waals surface area contributed by atoms with E-state index in [-0.39, 0.29) is 6.10 Å². The Labute approximate surface area is 119 Å². The first-order valence-electron chi connectivity index (χ1n) is 6.97. The van der Waals surface area contributed by atoms with Crippen LogP contribution in [0.1, 0.15) is 30.5 Å². The number of rotatable bonds is 2. The molecule has 2 N–H and O–H groups in total. The molecule has 1 aromatic carbocycles. The van der Waals surface area contributed by atoms with E-state index in [0.29, 0.717) is 12.0 Å². The zero-order valence-electron chi connectivity index (χ0n) is 11.5. The van der Waals surface area contributed by atoms with Gasteiger partial charge >= 0.3 is 0 Å². The largest absolute Gasteiger partial charge is 0.490 e. The molecule has 0 amide bonds. The molecule has 4 heteroatoms. The van der Waals surface area contributed by atoms with E-state index >= 15 is 0 Å². The third-order valence-electron chi connectivity index (χ3n) is 4.31. The van der Waals surface area contributed by atoms with Crippen molar-refractivity contribution < 1.29 is 4.74 Å². The molecule has 0 aromatic heterocycles. The summed E-state index contributed by atoms with van der Waals surface area (Å²) in [7, 11) is 2.16. The van der Waals surface area contributed by atoms with Crippen LogP contribution in [0.3, 0.4) is 0 Å². The fourth-order valence-electron chi connectivity index (χ4n) is 3.41. The third-order valence-corrected chi connectivity index (χ3v) is 4.53. The highest BCUT2D eigenvalue weighted by Crippen LogP contribution is 2.44. The Morgan fingerprint density at radius 1 is 1.47 bits per heavy atom. The van der Waals surface area contributed by atoms with E-state index in [1.54, 1.807) is 0 Å². The summed E-state index contributed by atoms with van der Waals surface area (Å²) in [4.78, 5) is 2.37. The molecule has 0 bridgehead atoms. The van der Waals surface area contributed by atoms with Gasteiger partial charge in [-0.1, -0.05) is 11.6 Å². The molecule has 19 heavy (non-hydrogen) atoms. The van der Waals surface area contributed by atoms with Gasteiger partial charge in [0, 0.05) is 29.6 Å². The highest BCUT2D eigenvalue weighted by molar-refractivity contribution is 6.30. The lowest BCUT2D eigenvalue weighted by Crippen LogP contribution is -2.21. The minimum atomic E-state index is 0.254. The van der Waals surface area contributed by atoms with Crippen molar-refractivity contribution in [2.24, 2.45) is 11.7 Å². The molecule has 3 rings (SSSR count). The summed E-state index contributed by atoms with van der Waals surface area (Å²) < 4.78 is 6.01. The molecular formula is C15H21ClN2O. The lowest BCUT2D eigenvalue weighted by atomic mass is 9.97. The van der Waals surface area contributed by atoms with Gasteiger partial charge in [0.05, 0.1) is 0 Å². The Kier molecular flexibility index (Phi) is 3.46. The van der Waals surface area contributed by atoms with Crippen LogP contribution >= 0.6 is 11.6 Å². The molecule has 2 aliphatic rings. The first-order valence-corrected chi connectivity index (χ1v) is 7.35. The van der Waals surface area contributed by atoms with Crippen molar-refractivity contribution in [1.82, 2.24) is 4.90 Å². The summed E-state index contributed by atoms with van der Waals surface area (Å²) in [5.74, 6) is 1.63. The first-order chi connectivity index (χ1) is 9.08. The van der Waals surface area contributed by atoms with Crippen molar-refractivity contribution in [2.45, 2.75) is 31.9 Å². The predicted molar refractivity (Wildman–Crippen MR) is 77.8 cm³/mol. The molecular weight excluding hydrogens is 260 g/mol. The summed E-state index contributed by atoms with van der Waals surface area (Å²) in [6.45, 7) is 3.91. The van der Waals surface area contributed by atoms with E-state index < -0.39 is 0 Å². The van der Waals surface area contributed by atoms with Crippen molar-refractivity contribution in [2.75, 3.05) is 20.1 Å². The Hall–Kier alpha value is -0.770. The molecule has 0 saturated carbocycles. The minimum Gasteiger partial charge on any atom is -0.490 e.